The fraction of sp³-hybridized carbons (Fsp3) is 0.500. The predicted molar refractivity (Wildman–Crippen MR) is 74.5 cm³/mol. The number of carbonyl (C=O) groups is 1. The van der Waals surface area contributed by atoms with E-state index in [0.717, 1.165) is 30.4 Å². The van der Waals surface area contributed by atoms with Gasteiger partial charge in [0.25, 0.3) is 0 Å². The monoisotopic (exact) mass is 265 g/mol. The van der Waals surface area contributed by atoms with Crippen molar-refractivity contribution >= 4 is 23.3 Å². The lowest BCUT2D eigenvalue weighted by Crippen LogP contribution is -2.23. The Labute approximate surface area is 112 Å². The maximum absolute atomic E-state index is 11.5. The van der Waals surface area contributed by atoms with Crippen molar-refractivity contribution in [3.63, 3.8) is 0 Å². The van der Waals surface area contributed by atoms with Crippen molar-refractivity contribution in [2.75, 3.05) is 19.8 Å². The van der Waals surface area contributed by atoms with E-state index in [4.69, 9.17) is 4.74 Å². The SMILES string of the molecule is O=C(/C=C/c1cccs1)NCCCOCC1CC1. The molecule has 1 N–H and O–H groups in total. The van der Waals surface area contributed by atoms with Gasteiger partial charge in [0.05, 0.1) is 0 Å². The number of amides is 1. The Kier molecular flexibility index (Phi) is 5.42. The highest BCUT2D eigenvalue weighted by Gasteiger charge is 2.20. The van der Waals surface area contributed by atoms with Crippen LogP contribution in [0, 0.1) is 5.92 Å². The smallest absolute Gasteiger partial charge is 0.244 e. The van der Waals surface area contributed by atoms with Crippen LogP contribution in [0.3, 0.4) is 0 Å². The standard InChI is InChI=1S/C14H19NO2S/c16-14(7-6-13-3-1-10-18-13)15-8-2-9-17-11-12-4-5-12/h1,3,6-7,10,12H,2,4-5,8-9,11H2,(H,15,16)/b7-6+. The first-order chi connectivity index (χ1) is 8.84. The number of hydrogen-bond acceptors (Lipinski definition) is 3. The number of ether oxygens (including phenoxy) is 1. The van der Waals surface area contributed by atoms with Crippen LogP contribution in [0.15, 0.2) is 23.6 Å². The Balaban J connectivity index is 1.48. The molecule has 4 heteroatoms. The van der Waals surface area contributed by atoms with E-state index in [2.05, 4.69) is 5.32 Å². The van der Waals surface area contributed by atoms with E-state index in [0.29, 0.717) is 6.54 Å². The second-order valence-electron chi connectivity index (χ2n) is 4.51. The van der Waals surface area contributed by atoms with Crippen LogP contribution in [-0.2, 0) is 9.53 Å². The Morgan fingerprint density at radius 1 is 1.56 bits per heavy atom. The van der Waals surface area contributed by atoms with E-state index in [1.807, 2.05) is 23.6 Å². The molecule has 1 saturated carbocycles. The zero-order valence-corrected chi connectivity index (χ0v) is 11.2. The number of rotatable bonds is 8. The summed E-state index contributed by atoms with van der Waals surface area (Å²) in [5.41, 5.74) is 0. The quantitative estimate of drug-likeness (QED) is 0.580. The van der Waals surface area contributed by atoms with Crippen LogP contribution >= 0.6 is 11.3 Å². The van der Waals surface area contributed by atoms with Gasteiger partial charge in [0, 0.05) is 30.7 Å². The molecule has 1 fully saturated rings. The molecule has 2 rings (SSSR count). The van der Waals surface area contributed by atoms with Crippen molar-refractivity contribution in [2.24, 2.45) is 5.92 Å². The maximum atomic E-state index is 11.5. The first kappa shape index (κ1) is 13.3. The van der Waals surface area contributed by atoms with Crippen molar-refractivity contribution < 1.29 is 9.53 Å². The van der Waals surface area contributed by atoms with Crippen LogP contribution in [0.2, 0.25) is 0 Å². The molecule has 3 nitrogen and oxygen atoms in total. The topological polar surface area (TPSA) is 38.3 Å². The third kappa shape index (κ3) is 5.47. The molecule has 1 heterocycles. The summed E-state index contributed by atoms with van der Waals surface area (Å²) in [6, 6.07) is 3.96. The van der Waals surface area contributed by atoms with Gasteiger partial charge in [-0.3, -0.25) is 4.79 Å². The fourth-order valence-electron chi connectivity index (χ4n) is 1.52. The molecule has 1 amide bonds. The first-order valence-electron chi connectivity index (χ1n) is 6.42. The van der Waals surface area contributed by atoms with Crippen molar-refractivity contribution in [1.29, 1.82) is 0 Å². The van der Waals surface area contributed by atoms with Crippen LogP contribution < -0.4 is 5.32 Å². The van der Waals surface area contributed by atoms with Crippen molar-refractivity contribution in [1.82, 2.24) is 5.32 Å². The molecule has 0 saturated heterocycles. The third-order valence-electron chi connectivity index (χ3n) is 2.76. The highest BCUT2D eigenvalue weighted by molar-refractivity contribution is 7.10. The van der Waals surface area contributed by atoms with E-state index in [1.54, 1.807) is 17.4 Å². The molecule has 0 radical (unpaired) electrons. The number of hydrogen-bond donors (Lipinski definition) is 1. The minimum Gasteiger partial charge on any atom is -0.381 e. The molecule has 1 aliphatic carbocycles. The van der Waals surface area contributed by atoms with Gasteiger partial charge >= 0.3 is 0 Å². The lowest BCUT2D eigenvalue weighted by Gasteiger charge is -2.03. The number of thiophene rings is 1. The average Bonchev–Trinajstić information content (AvgIpc) is 3.04. The summed E-state index contributed by atoms with van der Waals surface area (Å²) in [7, 11) is 0. The van der Waals surface area contributed by atoms with Crippen LogP contribution in [0.4, 0.5) is 0 Å². The minimum absolute atomic E-state index is 0.0365. The minimum atomic E-state index is -0.0365. The highest BCUT2D eigenvalue weighted by Crippen LogP contribution is 2.28. The molecule has 0 bridgehead atoms. The lowest BCUT2D eigenvalue weighted by molar-refractivity contribution is -0.116. The normalized spacial score (nSPS) is 15.1. The second-order valence-corrected chi connectivity index (χ2v) is 5.49. The molecule has 0 aromatic carbocycles. The van der Waals surface area contributed by atoms with Crippen molar-refractivity contribution in [2.45, 2.75) is 19.3 Å². The molecule has 1 aliphatic rings. The summed E-state index contributed by atoms with van der Waals surface area (Å²) in [5.74, 6) is 0.777. The Hall–Kier alpha value is -1.13. The second kappa shape index (κ2) is 7.34. The zero-order chi connectivity index (χ0) is 12.6. The van der Waals surface area contributed by atoms with Gasteiger partial charge in [0.2, 0.25) is 5.91 Å². The number of nitrogens with one attached hydrogen (secondary N) is 1. The molecule has 1 aromatic rings. The van der Waals surface area contributed by atoms with Gasteiger partial charge < -0.3 is 10.1 Å². The van der Waals surface area contributed by atoms with Gasteiger partial charge in [0.15, 0.2) is 0 Å². The van der Waals surface area contributed by atoms with Crippen molar-refractivity contribution in [3.05, 3.63) is 28.5 Å². The molecule has 1 aromatic heterocycles. The third-order valence-corrected chi connectivity index (χ3v) is 3.59. The molecule has 0 unspecified atom stereocenters. The van der Waals surface area contributed by atoms with Crippen LogP contribution in [0.5, 0.6) is 0 Å². The maximum Gasteiger partial charge on any atom is 0.244 e. The Morgan fingerprint density at radius 3 is 3.17 bits per heavy atom. The molecule has 98 valence electrons. The Morgan fingerprint density at radius 2 is 2.44 bits per heavy atom. The molecular weight excluding hydrogens is 246 g/mol. The van der Waals surface area contributed by atoms with Crippen LogP contribution in [0.25, 0.3) is 6.08 Å². The van der Waals surface area contributed by atoms with Gasteiger partial charge in [-0.1, -0.05) is 6.07 Å². The fourth-order valence-corrected chi connectivity index (χ4v) is 2.14. The molecular formula is C14H19NO2S. The Bertz CT molecular complexity index is 383. The highest BCUT2D eigenvalue weighted by atomic mass is 32.1. The summed E-state index contributed by atoms with van der Waals surface area (Å²) < 4.78 is 5.49. The summed E-state index contributed by atoms with van der Waals surface area (Å²) in [6.45, 7) is 2.32. The van der Waals surface area contributed by atoms with E-state index in [9.17, 15) is 4.79 Å². The van der Waals surface area contributed by atoms with Gasteiger partial charge in [-0.25, -0.2) is 0 Å². The largest absolute Gasteiger partial charge is 0.381 e. The molecule has 0 spiro atoms. The van der Waals surface area contributed by atoms with E-state index >= 15 is 0 Å². The van der Waals surface area contributed by atoms with Gasteiger partial charge in [-0.2, -0.15) is 0 Å². The van der Waals surface area contributed by atoms with E-state index in [1.165, 1.54) is 12.8 Å². The summed E-state index contributed by atoms with van der Waals surface area (Å²) >= 11 is 1.62. The van der Waals surface area contributed by atoms with Gasteiger partial charge in [0.1, 0.15) is 0 Å². The number of carbonyl (C=O) groups excluding carboxylic acids is 1. The van der Waals surface area contributed by atoms with Crippen LogP contribution in [0.1, 0.15) is 24.1 Å². The zero-order valence-electron chi connectivity index (χ0n) is 10.4. The predicted octanol–water partition coefficient (Wildman–Crippen LogP) is 2.69. The molecule has 18 heavy (non-hydrogen) atoms. The summed E-state index contributed by atoms with van der Waals surface area (Å²) in [4.78, 5) is 12.6. The molecule has 0 atom stereocenters. The van der Waals surface area contributed by atoms with Gasteiger partial charge in [-0.05, 0) is 42.7 Å². The van der Waals surface area contributed by atoms with E-state index < -0.39 is 0 Å². The average molecular weight is 265 g/mol. The van der Waals surface area contributed by atoms with Gasteiger partial charge in [-0.15, -0.1) is 11.3 Å². The summed E-state index contributed by atoms with van der Waals surface area (Å²) in [5, 5.41) is 4.84. The first-order valence-corrected chi connectivity index (χ1v) is 7.30. The van der Waals surface area contributed by atoms with E-state index in [-0.39, 0.29) is 5.91 Å². The lowest BCUT2D eigenvalue weighted by atomic mass is 10.4. The van der Waals surface area contributed by atoms with Crippen molar-refractivity contribution in [3.8, 4) is 0 Å². The summed E-state index contributed by atoms with van der Waals surface area (Å²) in [6.07, 6.45) is 6.94. The molecule has 0 aliphatic heterocycles. The van der Waals surface area contributed by atoms with Crippen LogP contribution in [-0.4, -0.2) is 25.7 Å².